The van der Waals surface area contributed by atoms with Crippen LogP contribution in [-0.2, 0) is 6.18 Å². The van der Waals surface area contributed by atoms with E-state index in [1.54, 1.807) is 6.07 Å². The van der Waals surface area contributed by atoms with Gasteiger partial charge in [0.15, 0.2) is 0 Å². The summed E-state index contributed by atoms with van der Waals surface area (Å²) in [6.07, 6.45) is -3.09. The molecule has 0 radical (unpaired) electrons. The van der Waals surface area contributed by atoms with Gasteiger partial charge in [0.1, 0.15) is 0 Å². The van der Waals surface area contributed by atoms with Crippen LogP contribution in [0.3, 0.4) is 0 Å². The van der Waals surface area contributed by atoms with E-state index >= 15 is 0 Å². The molecule has 0 fully saturated rings. The highest BCUT2D eigenvalue weighted by atomic mass is 19.4. The van der Waals surface area contributed by atoms with Crippen molar-refractivity contribution in [1.29, 1.82) is 0 Å². The monoisotopic (exact) mass is 172 g/mol. The third-order valence-electron chi connectivity index (χ3n) is 1.49. The molecular formula is C9H7F3. The van der Waals surface area contributed by atoms with Gasteiger partial charge in [-0.05, 0) is 11.6 Å². The molecule has 0 amide bonds. The van der Waals surface area contributed by atoms with Gasteiger partial charge in [0, 0.05) is 0 Å². The molecule has 0 aromatic heterocycles. The smallest absolute Gasteiger partial charge is 0.166 e. The molecule has 0 saturated heterocycles. The lowest BCUT2D eigenvalue weighted by Gasteiger charge is -2.08. The van der Waals surface area contributed by atoms with E-state index < -0.39 is 11.7 Å². The average Bonchev–Trinajstić information content (AvgIpc) is 2.03. The number of hydrogen-bond donors (Lipinski definition) is 0. The summed E-state index contributed by atoms with van der Waals surface area (Å²) in [5, 5.41) is 0. The zero-order valence-corrected chi connectivity index (χ0v) is 6.23. The first-order valence-electron chi connectivity index (χ1n) is 3.34. The Labute approximate surface area is 68.3 Å². The summed E-state index contributed by atoms with van der Waals surface area (Å²) in [5.41, 5.74) is -0.523. The molecule has 0 saturated carbocycles. The first kappa shape index (κ1) is 8.84. The van der Waals surface area contributed by atoms with Crippen LogP contribution < -0.4 is 0 Å². The molecule has 0 N–H and O–H groups in total. The topological polar surface area (TPSA) is 0 Å². The fraction of sp³-hybridized carbons (Fsp3) is 0.111. The lowest BCUT2D eigenvalue weighted by atomic mass is 10.1. The predicted octanol–water partition coefficient (Wildman–Crippen LogP) is 3.35. The fourth-order valence-electron chi connectivity index (χ4n) is 0.933. The van der Waals surface area contributed by atoms with Crippen molar-refractivity contribution < 1.29 is 13.2 Å². The average molecular weight is 172 g/mol. The van der Waals surface area contributed by atoms with Crippen molar-refractivity contribution in [2.24, 2.45) is 0 Å². The van der Waals surface area contributed by atoms with Gasteiger partial charge in [-0.3, -0.25) is 0 Å². The zero-order valence-electron chi connectivity index (χ0n) is 6.23. The van der Waals surface area contributed by atoms with E-state index in [4.69, 9.17) is 0 Å². The van der Waals surface area contributed by atoms with Gasteiger partial charge in [0.25, 0.3) is 0 Å². The lowest BCUT2D eigenvalue weighted by Crippen LogP contribution is -2.06. The highest BCUT2D eigenvalue weighted by Crippen LogP contribution is 2.31. The molecule has 0 spiro atoms. The first-order chi connectivity index (χ1) is 5.55. The number of halogens is 3. The van der Waals surface area contributed by atoms with Crippen molar-refractivity contribution in [3.8, 4) is 0 Å². The van der Waals surface area contributed by atoms with Crippen molar-refractivity contribution in [3.05, 3.63) is 42.0 Å². The molecule has 0 aliphatic carbocycles. The Kier molecular flexibility index (Phi) is 2.22. The molecule has 64 valence electrons. The molecule has 1 rings (SSSR count). The van der Waals surface area contributed by atoms with Gasteiger partial charge >= 0.3 is 6.18 Å². The summed E-state index contributed by atoms with van der Waals surface area (Å²) >= 11 is 0. The van der Waals surface area contributed by atoms with E-state index in [1.807, 2.05) is 0 Å². The molecule has 0 atom stereocenters. The number of alkyl halides is 3. The largest absolute Gasteiger partial charge is 0.416 e. The molecular weight excluding hydrogens is 165 g/mol. The van der Waals surface area contributed by atoms with E-state index in [1.165, 1.54) is 18.2 Å². The van der Waals surface area contributed by atoms with Crippen molar-refractivity contribution in [3.63, 3.8) is 0 Å². The van der Waals surface area contributed by atoms with Crippen LogP contribution in [0.15, 0.2) is 30.8 Å². The van der Waals surface area contributed by atoms with E-state index in [-0.39, 0.29) is 5.56 Å². The molecule has 3 heteroatoms. The highest BCUT2D eigenvalue weighted by Gasteiger charge is 2.31. The fourth-order valence-corrected chi connectivity index (χ4v) is 0.933. The summed E-state index contributed by atoms with van der Waals surface area (Å²) in [5.74, 6) is 0. The van der Waals surface area contributed by atoms with Crippen LogP contribution in [0.2, 0.25) is 0 Å². The summed E-state index contributed by atoms with van der Waals surface area (Å²) in [4.78, 5) is 0. The van der Waals surface area contributed by atoms with E-state index in [2.05, 4.69) is 6.58 Å². The van der Waals surface area contributed by atoms with Gasteiger partial charge in [-0.15, -0.1) is 0 Å². The van der Waals surface area contributed by atoms with Crippen LogP contribution in [-0.4, -0.2) is 0 Å². The first-order valence-corrected chi connectivity index (χ1v) is 3.34. The molecule has 12 heavy (non-hydrogen) atoms. The van der Waals surface area contributed by atoms with Crippen LogP contribution in [0.1, 0.15) is 11.1 Å². The second-order valence-corrected chi connectivity index (χ2v) is 2.29. The summed E-state index contributed by atoms with van der Waals surface area (Å²) in [6, 6.07) is 5.33. The van der Waals surface area contributed by atoms with Crippen molar-refractivity contribution >= 4 is 6.08 Å². The Hall–Kier alpha value is -1.25. The quantitative estimate of drug-likeness (QED) is 0.609. The van der Waals surface area contributed by atoms with E-state index in [9.17, 15) is 13.2 Å². The minimum Gasteiger partial charge on any atom is -0.166 e. The standard InChI is InChI=1S/C9H7F3/c1-2-7-5-3-4-6-8(7)9(10,11)12/h2-6H,1H2. The predicted molar refractivity (Wildman–Crippen MR) is 41.5 cm³/mol. The maximum Gasteiger partial charge on any atom is 0.416 e. The third kappa shape index (κ3) is 1.67. The zero-order chi connectivity index (χ0) is 9.19. The van der Waals surface area contributed by atoms with Crippen LogP contribution in [0.25, 0.3) is 6.08 Å². The van der Waals surface area contributed by atoms with Crippen LogP contribution in [0, 0.1) is 0 Å². The molecule has 0 heterocycles. The second-order valence-electron chi connectivity index (χ2n) is 2.29. The third-order valence-corrected chi connectivity index (χ3v) is 1.49. The highest BCUT2D eigenvalue weighted by molar-refractivity contribution is 5.52. The van der Waals surface area contributed by atoms with Gasteiger partial charge in [-0.2, -0.15) is 13.2 Å². The molecule has 0 unspecified atom stereocenters. The summed E-state index contributed by atoms with van der Waals surface area (Å²) in [6.45, 7) is 3.31. The van der Waals surface area contributed by atoms with Gasteiger partial charge in [-0.25, -0.2) is 0 Å². The Morgan fingerprint density at radius 3 is 2.17 bits per heavy atom. The number of rotatable bonds is 1. The number of benzene rings is 1. The van der Waals surface area contributed by atoms with Crippen LogP contribution in [0.4, 0.5) is 13.2 Å². The maximum absolute atomic E-state index is 12.2. The molecule has 1 aromatic carbocycles. The minimum absolute atomic E-state index is 0.116. The molecule has 0 aliphatic heterocycles. The maximum atomic E-state index is 12.2. The Morgan fingerprint density at radius 2 is 1.75 bits per heavy atom. The van der Waals surface area contributed by atoms with Crippen molar-refractivity contribution in [1.82, 2.24) is 0 Å². The Balaban J connectivity index is 3.23. The van der Waals surface area contributed by atoms with E-state index in [0.29, 0.717) is 0 Å². The van der Waals surface area contributed by atoms with Gasteiger partial charge < -0.3 is 0 Å². The van der Waals surface area contributed by atoms with Gasteiger partial charge in [0.05, 0.1) is 5.56 Å². The summed E-state index contributed by atoms with van der Waals surface area (Å²) < 4.78 is 36.6. The van der Waals surface area contributed by atoms with Gasteiger partial charge in [0.2, 0.25) is 0 Å². The Morgan fingerprint density at radius 1 is 1.17 bits per heavy atom. The van der Waals surface area contributed by atoms with Crippen LogP contribution >= 0.6 is 0 Å². The SMILES string of the molecule is C=Cc1ccccc1C(F)(F)F. The minimum atomic E-state index is -4.29. The lowest BCUT2D eigenvalue weighted by molar-refractivity contribution is -0.137. The second kappa shape index (κ2) is 3.01. The summed E-state index contributed by atoms with van der Waals surface area (Å²) in [7, 11) is 0. The van der Waals surface area contributed by atoms with E-state index in [0.717, 1.165) is 6.07 Å². The molecule has 0 aliphatic rings. The Bertz CT molecular complexity index is 286. The van der Waals surface area contributed by atoms with Crippen molar-refractivity contribution in [2.75, 3.05) is 0 Å². The normalized spacial score (nSPS) is 11.2. The van der Waals surface area contributed by atoms with Crippen LogP contribution in [0.5, 0.6) is 0 Å². The molecule has 1 aromatic rings. The molecule has 0 nitrogen and oxygen atoms in total. The number of hydrogen-bond acceptors (Lipinski definition) is 0. The van der Waals surface area contributed by atoms with Gasteiger partial charge in [-0.1, -0.05) is 30.9 Å². The van der Waals surface area contributed by atoms with Crippen molar-refractivity contribution in [2.45, 2.75) is 6.18 Å². The molecule has 0 bridgehead atoms.